The van der Waals surface area contributed by atoms with Gasteiger partial charge in [0.05, 0.1) is 6.33 Å². The van der Waals surface area contributed by atoms with Crippen molar-refractivity contribution in [2.45, 2.75) is 19.0 Å². The first-order valence-electron chi connectivity index (χ1n) is 6.24. The van der Waals surface area contributed by atoms with Gasteiger partial charge in [-0.15, -0.1) is 11.3 Å². The van der Waals surface area contributed by atoms with E-state index in [-0.39, 0.29) is 0 Å². The van der Waals surface area contributed by atoms with E-state index in [4.69, 9.17) is 0 Å². The Morgan fingerprint density at radius 1 is 1.53 bits per heavy atom. The summed E-state index contributed by atoms with van der Waals surface area (Å²) in [6.07, 6.45) is 6.34. The number of nitrogens with zero attached hydrogens (tertiary/aromatic N) is 3. The van der Waals surface area contributed by atoms with Crippen LogP contribution in [0.25, 0.3) is 0 Å². The molecule has 1 unspecified atom stereocenters. The van der Waals surface area contributed by atoms with Crippen molar-refractivity contribution in [1.82, 2.24) is 14.5 Å². The van der Waals surface area contributed by atoms with E-state index in [0.717, 1.165) is 31.6 Å². The Labute approximate surface area is 115 Å². The van der Waals surface area contributed by atoms with Gasteiger partial charge in [-0.05, 0) is 23.4 Å². The maximum Gasteiger partial charge on any atom is 0.325 e. The minimum Gasteiger partial charge on any atom is -0.480 e. The molecule has 3 rings (SSSR count). The van der Waals surface area contributed by atoms with Crippen molar-refractivity contribution in [3.05, 3.63) is 40.6 Å². The Morgan fingerprint density at radius 3 is 3.16 bits per heavy atom. The lowest BCUT2D eigenvalue weighted by Crippen LogP contribution is -2.40. The molecule has 5 nitrogen and oxygen atoms in total. The van der Waals surface area contributed by atoms with Crippen LogP contribution in [0.1, 0.15) is 16.5 Å². The fourth-order valence-corrected chi connectivity index (χ4v) is 3.47. The van der Waals surface area contributed by atoms with E-state index >= 15 is 0 Å². The number of hydrogen-bond acceptors (Lipinski definition) is 4. The molecule has 1 N–H and O–H groups in total. The minimum atomic E-state index is -0.759. The van der Waals surface area contributed by atoms with Crippen molar-refractivity contribution >= 4 is 17.3 Å². The van der Waals surface area contributed by atoms with Crippen molar-refractivity contribution in [2.24, 2.45) is 0 Å². The number of rotatable bonds is 4. The quantitative estimate of drug-likeness (QED) is 0.923. The maximum absolute atomic E-state index is 11.5. The first-order valence-corrected chi connectivity index (χ1v) is 7.12. The molecule has 2 aromatic heterocycles. The smallest absolute Gasteiger partial charge is 0.325 e. The molecule has 0 aromatic carbocycles. The summed E-state index contributed by atoms with van der Waals surface area (Å²) in [5.41, 5.74) is 0.967. The largest absolute Gasteiger partial charge is 0.480 e. The molecule has 2 aromatic rings. The van der Waals surface area contributed by atoms with Crippen molar-refractivity contribution in [3.63, 3.8) is 0 Å². The highest BCUT2D eigenvalue weighted by atomic mass is 32.1. The van der Waals surface area contributed by atoms with Crippen LogP contribution in [-0.4, -0.2) is 38.6 Å². The summed E-state index contributed by atoms with van der Waals surface area (Å²) in [7, 11) is 0. The Kier molecular flexibility index (Phi) is 3.35. The summed E-state index contributed by atoms with van der Waals surface area (Å²) in [5.74, 6) is -0.759. The number of carboxylic acids is 1. The average Bonchev–Trinajstić information content (AvgIpc) is 3.06. The number of fused-ring (bicyclic) bond motifs is 1. The lowest BCUT2D eigenvalue weighted by Gasteiger charge is -2.33. The minimum absolute atomic E-state index is 0.501. The topological polar surface area (TPSA) is 58.4 Å². The van der Waals surface area contributed by atoms with Gasteiger partial charge in [0.2, 0.25) is 0 Å². The summed E-state index contributed by atoms with van der Waals surface area (Å²) in [4.78, 5) is 18.8. The second-order valence-corrected chi connectivity index (χ2v) is 5.63. The molecule has 6 heteroatoms. The van der Waals surface area contributed by atoms with E-state index in [2.05, 4.69) is 4.98 Å². The van der Waals surface area contributed by atoms with E-state index in [1.54, 1.807) is 23.9 Å². The molecular weight excluding hydrogens is 262 g/mol. The molecule has 0 fully saturated rings. The van der Waals surface area contributed by atoms with Gasteiger partial charge < -0.3 is 9.67 Å². The van der Waals surface area contributed by atoms with Gasteiger partial charge in [-0.2, -0.15) is 0 Å². The maximum atomic E-state index is 11.5. The van der Waals surface area contributed by atoms with Crippen LogP contribution in [-0.2, 0) is 17.8 Å². The number of carboxylic acid groups (broad SMARTS) is 1. The fourth-order valence-electron chi connectivity index (χ4n) is 2.56. The first kappa shape index (κ1) is 12.4. The summed E-state index contributed by atoms with van der Waals surface area (Å²) in [6, 6.07) is 1.45. The van der Waals surface area contributed by atoms with Crippen LogP contribution >= 0.6 is 11.3 Å². The number of aromatic nitrogens is 2. The predicted molar refractivity (Wildman–Crippen MR) is 72.2 cm³/mol. The van der Waals surface area contributed by atoms with Crippen molar-refractivity contribution in [2.75, 3.05) is 13.1 Å². The van der Waals surface area contributed by atoms with Gasteiger partial charge >= 0.3 is 5.97 Å². The molecule has 1 atom stereocenters. The standard InChI is InChI=1S/C13H15N3O2S/c17-13(18)12-10-2-8-19-11(10)1-4-16(12)7-6-15-5-3-14-9-15/h2-3,5,8-9,12H,1,4,6-7H2,(H,17,18). The number of thiophene rings is 1. The molecule has 3 heterocycles. The molecule has 0 bridgehead atoms. The molecule has 0 saturated carbocycles. The molecular formula is C13H15N3O2S. The first-order chi connectivity index (χ1) is 9.25. The molecule has 0 amide bonds. The Balaban J connectivity index is 1.76. The predicted octanol–water partition coefficient (Wildman–Crippen LogP) is 1.63. The third-order valence-corrected chi connectivity index (χ3v) is 4.50. The van der Waals surface area contributed by atoms with Crippen molar-refractivity contribution in [3.8, 4) is 0 Å². The van der Waals surface area contributed by atoms with Gasteiger partial charge in [-0.3, -0.25) is 9.69 Å². The monoisotopic (exact) mass is 277 g/mol. The van der Waals surface area contributed by atoms with Gasteiger partial charge in [-0.1, -0.05) is 0 Å². The second-order valence-electron chi connectivity index (χ2n) is 4.63. The summed E-state index contributed by atoms with van der Waals surface area (Å²) >= 11 is 1.66. The number of hydrogen-bond donors (Lipinski definition) is 1. The third-order valence-electron chi connectivity index (χ3n) is 3.50. The highest BCUT2D eigenvalue weighted by Crippen LogP contribution is 2.33. The molecule has 19 heavy (non-hydrogen) atoms. The zero-order chi connectivity index (χ0) is 13.2. The molecule has 1 aliphatic heterocycles. The normalized spacial score (nSPS) is 19.3. The molecule has 0 saturated heterocycles. The van der Waals surface area contributed by atoms with E-state index in [1.165, 1.54) is 4.88 Å². The molecule has 0 radical (unpaired) electrons. The molecule has 0 spiro atoms. The van der Waals surface area contributed by atoms with E-state index in [0.29, 0.717) is 0 Å². The second kappa shape index (κ2) is 5.14. The van der Waals surface area contributed by atoms with Gasteiger partial charge in [0.15, 0.2) is 0 Å². The van der Waals surface area contributed by atoms with Gasteiger partial charge in [0.25, 0.3) is 0 Å². The lowest BCUT2D eigenvalue weighted by atomic mass is 10.00. The van der Waals surface area contributed by atoms with Crippen LogP contribution < -0.4 is 0 Å². The van der Waals surface area contributed by atoms with Crippen LogP contribution in [0.15, 0.2) is 30.2 Å². The van der Waals surface area contributed by atoms with Gasteiger partial charge in [-0.25, -0.2) is 4.98 Å². The zero-order valence-corrected chi connectivity index (χ0v) is 11.2. The Bertz CT molecular complexity index is 564. The summed E-state index contributed by atoms with van der Waals surface area (Å²) < 4.78 is 1.97. The van der Waals surface area contributed by atoms with Crippen LogP contribution in [0.4, 0.5) is 0 Å². The van der Waals surface area contributed by atoms with E-state index < -0.39 is 12.0 Å². The SMILES string of the molecule is O=C(O)C1c2ccsc2CCN1CCn1ccnc1. The summed E-state index contributed by atoms with van der Waals surface area (Å²) in [6.45, 7) is 2.30. The van der Waals surface area contributed by atoms with Gasteiger partial charge in [0.1, 0.15) is 6.04 Å². The highest BCUT2D eigenvalue weighted by molar-refractivity contribution is 7.10. The Hall–Kier alpha value is -1.66. The van der Waals surface area contributed by atoms with E-state index in [1.807, 2.05) is 27.1 Å². The Morgan fingerprint density at radius 2 is 2.42 bits per heavy atom. The van der Waals surface area contributed by atoms with Crippen LogP contribution in [0.5, 0.6) is 0 Å². The van der Waals surface area contributed by atoms with Crippen molar-refractivity contribution in [1.29, 1.82) is 0 Å². The van der Waals surface area contributed by atoms with Crippen molar-refractivity contribution < 1.29 is 9.90 Å². The fraction of sp³-hybridized carbons (Fsp3) is 0.385. The van der Waals surface area contributed by atoms with Gasteiger partial charge in [0, 0.05) is 36.9 Å². The number of carbonyl (C=O) groups is 1. The third kappa shape index (κ3) is 2.41. The van der Waals surface area contributed by atoms with Crippen LogP contribution in [0, 0.1) is 0 Å². The highest BCUT2D eigenvalue weighted by Gasteiger charge is 2.33. The van der Waals surface area contributed by atoms with Crippen LogP contribution in [0.3, 0.4) is 0 Å². The average molecular weight is 277 g/mol. The molecule has 1 aliphatic rings. The van der Waals surface area contributed by atoms with E-state index in [9.17, 15) is 9.90 Å². The van der Waals surface area contributed by atoms with Crippen LogP contribution in [0.2, 0.25) is 0 Å². The molecule has 100 valence electrons. The number of aliphatic carboxylic acids is 1. The number of imidazole rings is 1. The molecule has 0 aliphatic carbocycles. The zero-order valence-electron chi connectivity index (χ0n) is 10.4. The summed E-state index contributed by atoms with van der Waals surface area (Å²) in [5, 5.41) is 11.5. The lowest BCUT2D eigenvalue weighted by molar-refractivity contribution is -0.144.